The number of carboxylic acid groups (broad SMARTS) is 2. The van der Waals surface area contributed by atoms with Gasteiger partial charge in [0.15, 0.2) is 12.2 Å². The van der Waals surface area contributed by atoms with Crippen LogP contribution in [0.5, 0.6) is 23.0 Å². The summed E-state index contributed by atoms with van der Waals surface area (Å²) >= 11 is 5.85. The van der Waals surface area contributed by atoms with Crippen molar-refractivity contribution in [1.29, 1.82) is 0 Å². The quantitative estimate of drug-likeness (QED) is 0.110. The summed E-state index contributed by atoms with van der Waals surface area (Å²) in [6.07, 6.45) is 0.738. The second kappa shape index (κ2) is 21.9. The van der Waals surface area contributed by atoms with Crippen molar-refractivity contribution in [3.8, 4) is 23.0 Å². The molecule has 15 nitrogen and oxygen atoms in total. The molecule has 0 bridgehead atoms. The van der Waals surface area contributed by atoms with Crippen molar-refractivity contribution in [2.75, 3.05) is 49.4 Å². The third kappa shape index (κ3) is 15.6. The van der Waals surface area contributed by atoms with E-state index in [1.54, 1.807) is 48.5 Å². The Morgan fingerprint density at radius 1 is 0.547 bits per heavy atom. The Bertz CT molecular complexity index is 1500. The van der Waals surface area contributed by atoms with Crippen molar-refractivity contribution in [3.05, 3.63) is 72.8 Å². The molecule has 2 atom stereocenters. The second-order valence-corrected chi connectivity index (χ2v) is 16.0. The van der Waals surface area contributed by atoms with E-state index in [2.05, 4.69) is 0 Å². The van der Waals surface area contributed by atoms with E-state index in [4.69, 9.17) is 43.4 Å². The van der Waals surface area contributed by atoms with E-state index in [9.17, 15) is 28.8 Å². The molecule has 0 aromatic heterocycles. The number of esters is 4. The van der Waals surface area contributed by atoms with E-state index >= 15 is 0 Å². The highest BCUT2D eigenvalue weighted by Crippen LogP contribution is 2.33. The molecule has 2 aliphatic heterocycles. The van der Waals surface area contributed by atoms with Crippen molar-refractivity contribution >= 4 is 82.9 Å². The zero-order valence-electron chi connectivity index (χ0n) is 27.7. The smallest absolute Gasteiger partial charge is 0.331 e. The second-order valence-electron chi connectivity index (χ2n) is 10.5. The van der Waals surface area contributed by atoms with Crippen LogP contribution in [-0.4, -0.2) is 117 Å². The van der Waals surface area contributed by atoms with Crippen LogP contribution in [0.15, 0.2) is 72.8 Å². The maximum atomic E-state index is 12.3. The summed E-state index contributed by atoms with van der Waals surface area (Å²) in [7, 11) is 0. The topological polar surface area (TPSA) is 207 Å². The monoisotopic (exact) mass is 810 g/mol. The maximum Gasteiger partial charge on any atom is 0.331 e. The van der Waals surface area contributed by atoms with Gasteiger partial charge in [-0.3, -0.25) is 0 Å². The average molecular weight is 811 g/mol. The molecule has 0 spiro atoms. The van der Waals surface area contributed by atoms with Crippen molar-refractivity contribution in [3.63, 3.8) is 0 Å². The summed E-state index contributed by atoms with van der Waals surface area (Å²) in [5, 5.41) is 17.5. The molecule has 284 valence electrons. The van der Waals surface area contributed by atoms with E-state index in [1.807, 2.05) is 0 Å². The lowest BCUT2D eigenvalue weighted by Gasteiger charge is -2.19. The summed E-state index contributed by atoms with van der Waals surface area (Å²) in [6.45, 7) is -0.946. The van der Waals surface area contributed by atoms with Crippen LogP contribution in [0.3, 0.4) is 0 Å². The molecule has 2 fully saturated rings. The number of carbonyl (C=O) groups is 6. The molecule has 0 radical (unpaired) electrons. The summed E-state index contributed by atoms with van der Waals surface area (Å²) in [5.74, 6) is -0.446. The van der Waals surface area contributed by atoms with E-state index < -0.39 is 48.0 Å². The first kappa shape index (κ1) is 41.3. The zero-order valence-corrected chi connectivity index (χ0v) is 31.0. The molecule has 53 heavy (non-hydrogen) atoms. The van der Waals surface area contributed by atoms with Crippen molar-refractivity contribution in [2.45, 2.75) is 21.4 Å². The standard InChI is InChI=1S/C34H34O15S4/c35-27(36)9-11-29(39)48-25(19-45-31(41)33-50-13-14-51-33)17-43-21-1-5-23(6-2-21)47-24-7-3-22(4-8-24)44-18-26(49-30(40)12-10-28(37)38)20-46-32(42)34-52-15-16-53-34/h1-12,25-26,33-34H,13-20H2,(H,35,36)(H,37,38). The van der Waals surface area contributed by atoms with Crippen molar-refractivity contribution < 1.29 is 72.1 Å². The van der Waals surface area contributed by atoms with Crippen LogP contribution in [0.2, 0.25) is 0 Å². The van der Waals surface area contributed by atoms with E-state index in [1.165, 1.54) is 47.0 Å². The van der Waals surface area contributed by atoms with Gasteiger partial charge >= 0.3 is 35.8 Å². The van der Waals surface area contributed by atoms with Gasteiger partial charge in [0.25, 0.3) is 0 Å². The summed E-state index contributed by atoms with van der Waals surface area (Å²) in [4.78, 5) is 70.4. The van der Waals surface area contributed by atoms with Gasteiger partial charge in [-0.25, -0.2) is 28.8 Å². The minimum atomic E-state index is -1.32. The van der Waals surface area contributed by atoms with E-state index in [0.29, 0.717) is 35.2 Å². The molecular formula is C34H34O15S4. The Balaban J connectivity index is 1.27. The Kier molecular flexibility index (Phi) is 17.1. The molecule has 2 aromatic carbocycles. The molecule has 2 aliphatic rings. The maximum absolute atomic E-state index is 12.3. The normalized spacial score (nSPS) is 15.8. The predicted molar refractivity (Wildman–Crippen MR) is 197 cm³/mol. The Labute approximate surface area is 320 Å². The van der Waals surface area contributed by atoms with Crippen molar-refractivity contribution in [2.24, 2.45) is 0 Å². The van der Waals surface area contributed by atoms with Crippen LogP contribution in [0, 0.1) is 0 Å². The fourth-order valence-electron chi connectivity index (χ4n) is 4.12. The highest BCUT2D eigenvalue weighted by molar-refractivity contribution is 8.21. The van der Waals surface area contributed by atoms with Gasteiger partial charge < -0.3 is 43.4 Å². The van der Waals surface area contributed by atoms with Gasteiger partial charge in [0, 0.05) is 47.3 Å². The lowest BCUT2D eigenvalue weighted by molar-refractivity contribution is -0.156. The fourth-order valence-corrected chi connectivity index (χ4v) is 9.25. The van der Waals surface area contributed by atoms with Gasteiger partial charge in [-0.15, -0.1) is 47.0 Å². The van der Waals surface area contributed by atoms with Crippen LogP contribution >= 0.6 is 47.0 Å². The largest absolute Gasteiger partial charge is 0.490 e. The van der Waals surface area contributed by atoms with Crippen LogP contribution in [0.1, 0.15) is 0 Å². The molecule has 2 heterocycles. The molecule has 2 N–H and O–H groups in total. The Morgan fingerprint density at radius 3 is 1.23 bits per heavy atom. The van der Waals surface area contributed by atoms with E-state index in [0.717, 1.165) is 35.2 Å². The van der Waals surface area contributed by atoms with Crippen molar-refractivity contribution in [1.82, 2.24) is 0 Å². The number of hydrogen-bond donors (Lipinski definition) is 2. The molecule has 0 aliphatic carbocycles. The number of aliphatic carboxylic acids is 2. The minimum Gasteiger partial charge on any atom is -0.490 e. The first-order chi connectivity index (χ1) is 25.5. The molecule has 19 heteroatoms. The minimum absolute atomic E-state index is 0.188. The number of hydrogen-bond acceptors (Lipinski definition) is 17. The lowest BCUT2D eigenvalue weighted by Crippen LogP contribution is -2.31. The lowest BCUT2D eigenvalue weighted by atomic mass is 10.3. The van der Waals surface area contributed by atoms with Crippen LogP contribution in [0.4, 0.5) is 0 Å². The van der Waals surface area contributed by atoms with Crippen LogP contribution < -0.4 is 14.2 Å². The first-order valence-corrected chi connectivity index (χ1v) is 19.9. The molecule has 0 saturated carbocycles. The van der Waals surface area contributed by atoms with Gasteiger partial charge in [-0.1, -0.05) is 0 Å². The molecule has 0 amide bonds. The first-order valence-electron chi connectivity index (χ1n) is 15.7. The third-order valence-electron chi connectivity index (χ3n) is 6.50. The van der Waals surface area contributed by atoms with E-state index in [-0.39, 0.29) is 35.6 Å². The number of carboxylic acids is 2. The molecule has 2 saturated heterocycles. The number of carbonyl (C=O) groups excluding carboxylic acids is 4. The third-order valence-corrected chi connectivity index (χ3v) is 12.4. The summed E-state index contributed by atoms with van der Waals surface area (Å²) in [6, 6.07) is 13.0. The fraction of sp³-hybridized carbons (Fsp3) is 0.353. The zero-order chi connectivity index (χ0) is 38.0. The number of thioether (sulfide) groups is 4. The van der Waals surface area contributed by atoms with Crippen LogP contribution in [0.25, 0.3) is 0 Å². The molecule has 2 unspecified atom stereocenters. The Hall–Kier alpha value is -4.46. The number of benzene rings is 2. The predicted octanol–water partition coefficient (Wildman–Crippen LogP) is 4.04. The number of ether oxygens (including phenoxy) is 7. The molecule has 2 aromatic rings. The van der Waals surface area contributed by atoms with Gasteiger partial charge in [-0.2, -0.15) is 0 Å². The molecule has 4 rings (SSSR count). The highest BCUT2D eigenvalue weighted by atomic mass is 32.2. The highest BCUT2D eigenvalue weighted by Gasteiger charge is 2.28. The Morgan fingerprint density at radius 2 is 0.887 bits per heavy atom. The van der Waals surface area contributed by atoms with Gasteiger partial charge in [0.05, 0.1) is 0 Å². The average Bonchev–Trinajstić information content (AvgIpc) is 3.89. The molecular weight excluding hydrogens is 777 g/mol. The summed E-state index contributed by atoms with van der Waals surface area (Å²) in [5.41, 5.74) is 0. The summed E-state index contributed by atoms with van der Waals surface area (Å²) < 4.78 is 37.8. The SMILES string of the molecule is O=C(O)C=CC(=O)OC(COC(=O)C1SCCS1)COc1ccc(Oc2ccc(OCC(COC(=O)C3SCCS3)OC(=O)C=CC(=O)O)cc2)cc1. The number of rotatable bonds is 20. The van der Waals surface area contributed by atoms with Gasteiger partial charge in [0.1, 0.15) is 58.6 Å². The van der Waals surface area contributed by atoms with Gasteiger partial charge in [-0.05, 0) is 48.5 Å². The van der Waals surface area contributed by atoms with Crippen LogP contribution in [-0.2, 0) is 47.7 Å². The van der Waals surface area contributed by atoms with Gasteiger partial charge in [0.2, 0.25) is 0 Å².